The third-order valence-electron chi connectivity index (χ3n) is 3.35. The number of alkyl halides is 1. The molecule has 20 heavy (non-hydrogen) atoms. The normalized spacial score (nSPS) is 12.0. The van der Waals surface area contributed by atoms with Crippen molar-refractivity contribution in [2.24, 2.45) is 0 Å². The summed E-state index contributed by atoms with van der Waals surface area (Å²) in [5.41, 5.74) is 3.70. The van der Waals surface area contributed by atoms with E-state index in [4.69, 9.17) is 9.47 Å². The van der Waals surface area contributed by atoms with Crippen molar-refractivity contribution in [1.29, 1.82) is 0 Å². The van der Waals surface area contributed by atoms with E-state index in [0.29, 0.717) is 4.83 Å². The van der Waals surface area contributed by atoms with Crippen molar-refractivity contribution in [2.75, 3.05) is 14.2 Å². The van der Waals surface area contributed by atoms with E-state index in [-0.39, 0.29) is 0 Å². The molecule has 0 radical (unpaired) electrons. The highest BCUT2D eigenvalue weighted by Crippen LogP contribution is 2.30. The highest BCUT2D eigenvalue weighted by molar-refractivity contribution is 9.09. The molecule has 1 unspecified atom stereocenters. The topological polar surface area (TPSA) is 18.5 Å². The maximum atomic E-state index is 5.29. The fourth-order valence-electron chi connectivity index (χ4n) is 2.18. The Morgan fingerprint density at radius 2 is 1.70 bits per heavy atom. The number of hydrogen-bond acceptors (Lipinski definition) is 2. The van der Waals surface area contributed by atoms with Gasteiger partial charge in [0.15, 0.2) is 0 Å². The number of methoxy groups -OCH3 is 2. The molecule has 0 fully saturated rings. The van der Waals surface area contributed by atoms with Gasteiger partial charge in [-0.1, -0.05) is 40.2 Å². The van der Waals surface area contributed by atoms with Gasteiger partial charge in [0.2, 0.25) is 0 Å². The standard InChI is InChI=1S/C17H19BrO2/c1-12-10-14(6-9-17(12)20-3)16(18)11-13-4-7-15(19-2)8-5-13/h4-10,16H,11H2,1-3H3. The van der Waals surface area contributed by atoms with Crippen LogP contribution in [-0.2, 0) is 6.42 Å². The zero-order valence-electron chi connectivity index (χ0n) is 12.0. The third kappa shape index (κ3) is 3.54. The summed E-state index contributed by atoms with van der Waals surface area (Å²) in [5.74, 6) is 1.82. The van der Waals surface area contributed by atoms with Crippen LogP contribution < -0.4 is 9.47 Å². The third-order valence-corrected chi connectivity index (χ3v) is 4.21. The van der Waals surface area contributed by atoms with Crippen LogP contribution in [0.2, 0.25) is 0 Å². The van der Waals surface area contributed by atoms with E-state index in [9.17, 15) is 0 Å². The summed E-state index contributed by atoms with van der Waals surface area (Å²) >= 11 is 3.77. The van der Waals surface area contributed by atoms with E-state index in [1.807, 2.05) is 18.2 Å². The molecule has 0 bridgehead atoms. The Kier molecular flexibility index (Phi) is 5.07. The second-order valence-corrected chi connectivity index (χ2v) is 5.85. The Labute approximate surface area is 128 Å². The van der Waals surface area contributed by atoms with Crippen LogP contribution in [0.5, 0.6) is 11.5 Å². The van der Waals surface area contributed by atoms with Crippen LogP contribution in [0.4, 0.5) is 0 Å². The molecule has 2 rings (SSSR count). The Morgan fingerprint density at radius 1 is 1.00 bits per heavy atom. The molecule has 0 aromatic heterocycles. The van der Waals surface area contributed by atoms with E-state index >= 15 is 0 Å². The molecule has 2 aromatic rings. The predicted molar refractivity (Wildman–Crippen MR) is 86.1 cm³/mol. The summed E-state index contributed by atoms with van der Waals surface area (Å²) in [5, 5.41) is 0. The molecule has 0 heterocycles. The van der Waals surface area contributed by atoms with Crippen LogP contribution in [0.1, 0.15) is 21.5 Å². The molecule has 0 N–H and O–H groups in total. The van der Waals surface area contributed by atoms with Crippen molar-refractivity contribution in [3.05, 3.63) is 59.2 Å². The molecular formula is C17H19BrO2. The maximum Gasteiger partial charge on any atom is 0.121 e. The number of benzene rings is 2. The van der Waals surface area contributed by atoms with E-state index < -0.39 is 0 Å². The van der Waals surface area contributed by atoms with Crippen LogP contribution in [0.15, 0.2) is 42.5 Å². The van der Waals surface area contributed by atoms with E-state index in [0.717, 1.165) is 23.5 Å². The minimum Gasteiger partial charge on any atom is -0.497 e. The van der Waals surface area contributed by atoms with Gasteiger partial charge in [-0.3, -0.25) is 0 Å². The lowest BCUT2D eigenvalue weighted by molar-refractivity contribution is 0.411. The van der Waals surface area contributed by atoms with E-state index in [2.05, 4.69) is 47.1 Å². The molecule has 0 spiro atoms. The molecule has 1 atom stereocenters. The Balaban J connectivity index is 2.10. The largest absolute Gasteiger partial charge is 0.497 e. The maximum absolute atomic E-state index is 5.29. The lowest BCUT2D eigenvalue weighted by Gasteiger charge is -2.13. The van der Waals surface area contributed by atoms with Crippen molar-refractivity contribution < 1.29 is 9.47 Å². The van der Waals surface area contributed by atoms with Crippen LogP contribution in [0, 0.1) is 6.92 Å². The smallest absolute Gasteiger partial charge is 0.121 e. The Bertz CT molecular complexity index is 564. The monoisotopic (exact) mass is 334 g/mol. The number of ether oxygens (including phenoxy) is 2. The first-order valence-corrected chi connectivity index (χ1v) is 7.47. The molecule has 0 aliphatic rings. The summed E-state index contributed by atoms with van der Waals surface area (Å²) in [6.45, 7) is 2.06. The number of hydrogen-bond donors (Lipinski definition) is 0. The molecule has 0 aliphatic carbocycles. The first-order chi connectivity index (χ1) is 9.63. The van der Waals surface area contributed by atoms with Crippen molar-refractivity contribution in [3.8, 4) is 11.5 Å². The van der Waals surface area contributed by atoms with Crippen molar-refractivity contribution in [1.82, 2.24) is 0 Å². The Hall–Kier alpha value is -1.48. The number of halogens is 1. The second kappa shape index (κ2) is 6.80. The van der Waals surface area contributed by atoms with Crippen LogP contribution in [-0.4, -0.2) is 14.2 Å². The van der Waals surface area contributed by atoms with Crippen LogP contribution in [0.25, 0.3) is 0 Å². The Morgan fingerprint density at radius 3 is 2.25 bits per heavy atom. The van der Waals surface area contributed by atoms with E-state index in [1.54, 1.807) is 14.2 Å². The number of aryl methyl sites for hydroxylation is 1. The van der Waals surface area contributed by atoms with Gasteiger partial charge >= 0.3 is 0 Å². The van der Waals surface area contributed by atoms with Gasteiger partial charge in [0.1, 0.15) is 11.5 Å². The van der Waals surface area contributed by atoms with Crippen molar-refractivity contribution in [3.63, 3.8) is 0 Å². The fourth-order valence-corrected chi connectivity index (χ4v) is 2.84. The summed E-state index contributed by atoms with van der Waals surface area (Å²) < 4.78 is 10.5. The highest BCUT2D eigenvalue weighted by atomic mass is 79.9. The molecule has 0 saturated heterocycles. The minimum atomic E-state index is 0.292. The second-order valence-electron chi connectivity index (χ2n) is 4.75. The van der Waals surface area contributed by atoms with Crippen LogP contribution >= 0.6 is 15.9 Å². The van der Waals surface area contributed by atoms with Crippen LogP contribution in [0.3, 0.4) is 0 Å². The molecule has 3 heteroatoms. The average Bonchev–Trinajstić information content (AvgIpc) is 2.48. The first kappa shape index (κ1) is 14.9. The quantitative estimate of drug-likeness (QED) is 0.738. The van der Waals surface area contributed by atoms with Gasteiger partial charge < -0.3 is 9.47 Å². The average molecular weight is 335 g/mol. The highest BCUT2D eigenvalue weighted by Gasteiger charge is 2.10. The first-order valence-electron chi connectivity index (χ1n) is 6.55. The predicted octanol–water partition coefficient (Wildman–Crippen LogP) is 4.69. The van der Waals surface area contributed by atoms with Gasteiger partial charge in [0.05, 0.1) is 14.2 Å². The lowest BCUT2D eigenvalue weighted by atomic mass is 10.0. The zero-order chi connectivity index (χ0) is 14.5. The zero-order valence-corrected chi connectivity index (χ0v) is 13.6. The molecule has 2 aromatic carbocycles. The SMILES string of the molecule is COc1ccc(CC(Br)c2ccc(OC)c(C)c2)cc1. The molecule has 106 valence electrons. The molecule has 2 nitrogen and oxygen atoms in total. The molecular weight excluding hydrogens is 316 g/mol. The molecule has 0 amide bonds. The molecule has 0 aliphatic heterocycles. The van der Waals surface area contributed by atoms with Crippen molar-refractivity contribution >= 4 is 15.9 Å². The van der Waals surface area contributed by atoms with Gasteiger partial charge in [-0.15, -0.1) is 0 Å². The summed E-state index contributed by atoms with van der Waals surface area (Å²) in [6.07, 6.45) is 0.940. The summed E-state index contributed by atoms with van der Waals surface area (Å²) in [7, 11) is 3.38. The lowest BCUT2D eigenvalue weighted by Crippen LogP contribution is -1.97. The molecule has 0 saturated carbocycles. The number of rotatable bonds is 5. The van der Waals surface area contributed by atoms with E-state index in [1.165, 1.54) is 11.1 Å². The van der Waals surface area contributed by atoms with Crippen molar-refractivity contribution in [2.45, 2.75) is 18.2 Å². The van der Waals surface area contributed by atoms with Gasteiger partial charge in [-0.25, -0.2) is 0 Å². The minimum absolute atomic E-state index is 0.292. The van der Waals surface area contributed by atoms with Gasteiger partial charge in [-0.05, 0) is 48.2 Å². The fraction of sp³-hybridized carbons (Fsp3) is 0.294. The van der Waals surface area contributed by atoms with Gasteiger partial charge in [-0.2, -0.15) is 0 Å². The summed E-state index contributed by atoms with van der Waals surface area (Å²) in [4.78, 5) is 0.292. The summed E-state index contributed by atoms with van der Waals surface area (Å²) in [6, 6.07) is 14.5. The van der Waals surface area contributed by atoms with Gasteiger partial charge in [0.25, 0.3) is 0 Å². The van der Waals surface area contributed by atoms with Gasteiger partial charge in [0, 0.05) is 4.83 Å².